The maximum Gasteiger partial charge on any atom is 0.00663 e. The smallest absolute Gasteiger partial charge is 0.00663 e. The summed E-state index contributed by atoms with van der Waals surface area (Å²) in [5.74, 6) is 0.524. The van der Waals surface area contributed by atoms with E-state index in [0.717, 1.165) is 6.42 Å². The number of hydrogen-bond donors (Lipinski definition) is 0. The van der Waals surface area contributed by atoms with Crippen molar-refractivity contribution < 1.29 is 0 Å². The van der Waals surface area contributed by atoms with E-state index in [-0.39, 0.29) is 0 Å². The first-order valence-corrected chi connectivity index (χ1v) is 7.00. The van der Waals surface area contributed by atoms with E-state index in [9.17, 15) is 0 Å². The van der Waals surface area contributed by atoms with Crippen molar-refractivity contribution in [3.05, 3.63) is 70.8 Å². The van der Waals surface area contributed by atoms with Crippen LogP contribution in [-0.2, 0) is 6.42 Å². The summed E-state index contributed by atoms with van der Waals surface area (Å²) in [5.41, 5.74) is 6.15. The van der Waals surface area contributed by atoms with Crippen LogP contribution in [0.15, 0.2) is 59.7 Å². The monoisotopic (exact) mass is 236 g/mol. The van der Waals surface area contributed by atoms with E-state index >= 15 is 0 Å². The average molecular weight is 236 g/mol. The first-order valence-electron chi connectivity index (χ1n) is 7.00. The SMILES string of the molecule is CC1C2=CC=CCC=C2CCCc2ccccc21. The molecule has 0 N–H and O–H groups in total. The van der Waals surface area contributed by atoms with E-state index in [2.05, 4.69) is 55.5 Å². The summed E-state index contributed by atoms with van der Waals surface area (Å²) in [4.78, 5) is 0. The van der Waals surface area contributed by atoms with Crippen molar-refractivity contribution in [2.45, 2.75) is 38.5 Å². The van der Waals surface area contributed by atoms with Crippen molar-refractivity contribution in [2.24, 2.45) is 0 Å². The fourth-order valence-corrected chi connectivity index (χ4v) is 3.18. The lowest BCUT2D eigenvalue weighted by molar-refractivity contribution is 0.744. The lowest BCUT2D eigenvalue weighted by atomic mass is 9.80. The molecule has 0 radical (unpaired) electrons. The molecule has 0 amide bonds. The standard InChI is InChI=1S/C18H20/c1-14-17-12-4-2-3-8-15(17)10-7-11-16-9-5-6-13-18(14)16/h2,4-6,8-9,12-14H,3,7,10-11H2,1H3. The van der Waals surface area contributed by atoms with Crippen LogP contribution in [0.25, 0.3) is 0 Å². The number of allylic oxidation sites excluding steroid dienone is 6. The second-order valence-corrected chi connectivity index (χ2v) is 5.29. The first kappa shape index (κ1) is 11.5. The highest BCUT2D eigenvalue weighted by molar-refractivity contribution is 5.47. The van der Waals surface area contributed by atoms with Crippen LogP contribution < -0.4 is 0 Å². The van der Waals surface area contributed by atoms with Gasteiger partial charge in [0.2, 0.25) is 0 Å². The van der Waals surface area contributed by atoms with Crippen molar-refractivity contribution in [2.75, 3.05) is 0 Å². The summed E-state index contributed by atoms with van der Waals surface area (Å²) in [5, 5.41) is 0. The summed E-state index contributed by atoms with van der Waals surface area (Å²) < 4.78 is 0. The minimum Gasteiger partial charge on any atom is -0.0807 e. The number of benzene rings is 1. The van der Waals surface area contributed by atoms with Crippen LogP contribution in [0.5, 0.6) is 0 Å². The van der Waals surface area contributed by atoms with Gasteiger partial charge < -0.3 is 0 Å². The van der Waals surface area contributed by atoms with Crippen LogP contribution in [0.4, 0.5) is 0 Å². The Hall–Kier alpha value is -1.56. The molecule has 0 aliphatic heterocycles. The van der Waals surface area contributed by atoms with Crippen LogP contribution in [0.2, 0.25) is 0 Å². The van der Waals surface area contributed by atoms with Gasteiger partial charge in [0.15, 0.2) is 0 Å². The zero-order chi connectivity index (χ0) is 12.4. The minimum absolute atomic E-state index is 0.524. The Morgan fingerprint density at radius 1 is 1.11 bits per heavy atom. The third kappa shape index (κ3) is 2.08. The summed E-state index contributed by atoms with van der Waals surface area (Å²) in [6.07, 6.45) is 14.0. The number of rotatable bonds is 0. The minimum atomic E-state index is 0.524. The predicted molar refractivity (Wildman–Crippen MR) is 77.7 cm³/mol. The summed E-state index contributed by atoms with van der Waals surface area (Å²) in [6, 6.07) is 8.95. The Kier molecular flexibility index (Phi) is 3.19. The zero-order valence-electron chi connectivity index (χ0n) is 11.0. The molecule has 0 saturated carbocycles. The van der Waals surface area contributed by atoms with Gasteiger partial charge in [0, 0.05) is 5.92 Å². The van der Waals surface area contributed by atoms with E-state index in [4.69, 9.17) is 0 Å². The molecule has 1 aromatic rings. The molecule has 1 unspecified atom stereocenters. The predicted octanol–water partition coefficient (Wildman–Crippen LogP) is 4.94. The lowest BCUT2D eigenvalue weighted by Crippen LogP contribution is -2.08. The highest BCUT2D eigenvalue weighted by Gasteiger charge is 2.20. The van der Waals surface area contributed by atoms with Crippen molar-refractivity contribution >= 4 is 0 Å². The van der Waals surface area contributed by atoms with Crippen molar-refractivity contribution in [1.82, 2.24) is 0 Å². The largest absolute Gasteiger partial charge is 0.0807 e. The van der Waals surface area contributed by atoms with Crippen LogP contribution >= 0.6 is 0 Å². The van der Waals surface area contributed by atoms with Crippen LogP contribution in [0.1, 0.15) is 43.2 Å². The lowest BCUT2D eigenvalue weighted by Gasteiger charge is -2.25. The Morgan fingerprint density at radius 3 is 2.94 bits per heavy atom. The summed E-state index contributed by atoms with van der Waals surface area (Å²) >= 11 is 0. The van der Waals surface area contributed by atoms with Crippen LogP contribution in [0, 0.1) is 0 Å². The fourth-order valence-electron chi connectivity index (χ4n) is 3.18. The van der Waals surface area contributed by atoms with E-state index in [1.807, 2.05) is 0 Å². The van der Waals surface area contributed by atoms with Gasteiger partial charge in [0.1, 0.15) is 0 Å². The Labute approximate surface area is 110 Å². The van der Waals surface area contributed by atoms with E-state index < -0.39 is 0 Å². The van der Waals surface area contributed by atoms with Gasteiger partial charge in [0.25, 0.3) is 0 Å². The quantitative estimate of drug-likeness (QED) is 0.598. The average Bonchev–Trinajstić information content (AvgIpc) is 2.62. The van der Waals surface area contributed by atoms with Crippen molar-refractivity contribution in [3.63, 3.8) is 0 Å². The Bertz CT molecular complexity index is 529. The third-order valence-electron chi connectivity index (χ3n) is 4.16. The molecule has 2 aliphatic rings. The highest BCUT2D eigenvalue weighted by Crippen LogP contribution is 2.37. The molecule has 1 aromatic carbocycles. The van der Waals surface area contributed by atoms with E-state index in [0.29, 0.717) is 5.92 Å². The molecular weight excluding hydrogens is 216 g/mol. The normalized spacial score (nSPS) is 22.8. The maximum atomic E-state index is 2.42. The summed E-state index contributed by atoms with van der Waals surface area (Å²) in [6.45, 7) is 2.35. The highest BCUT2D eigenvalue weighted by atomic mass is 14.2. The molecule has 0 aromatic heterocycles. The van der Waals surface area contributed by atoms with Gasteiger partial charge >= 0.3 is 0 Å². The van der Waals surface area contributed by atoms with Gasteiger partial charge in [-0.25, -0.2) is 0 Å². The fraction of sp³-hybridized carbons (Fsp3) is 0.333. The molecule has 0 heterocycles. The van der Waals surface area contributed by atoms with E-state index in [1.165, 1.54) is 36.0 Å². The molecule has 0 saturated heterocycles. The molecule has 0 nitrogen and oxygen atoms in total. The van der Waals surface area contributed by atoms with E-state index in [1.54, 1.807) is 5.57 Å². The second-order valence-electron chi connectivity index (χ2n) is 5.29. The van der Waals surface area contributed by atoms with Crippen molar-refractivity contribution in [3.8, 4) is 0 Å². The van der Waals surface area contributed by atoms with Crippen LogP contribution in [0.3, 0.4) is 0 Å². The molecule has 0 fully saturated rings. The molecule has 0 bridgehead atoms. The molecular formula is C18H20. The Balaban J connectivity index is 2.09. The molecule has 92 valence electrons. The molecule has 0 heteroatoms. The van der Waals surface area contributed by atoms with Crippen molar-refractivity contribution in [1.29, 1.82) is 0 Å². The van der Waals surface area contributed by atoms with Gasteiger partial charge in [-0.1, -0.05) is 55.5 Å². The van der Waals surface area contributed by atoms with Gasteiger partial charge in [-0.15, -0.1) is 0 Å². The number of hydrogen-bond acceptors (Lipinski definition) is 0. The van der Waals surface area contributed by atoms with Crippen LogP contribution in [-0.4, -0.2) is 0 Å². The van der Waals surface area contributed by atoms with Gasteiger partial charge in [-0.3, -0.25) is 0 Å². The summed E-state index contributed by atoms with van der Waals surface area (Å²) in [7, 11) is 0. The molecule has 2 aliphatic carbocycles. The maximum absolute atomic E-state index is 2.42. The van der Waals surface area contributed by atoms with Gasteiger partial charge in [-0.05, 0) is 48.0 Å². The third-order valence-corrected chi connectivity index (χ3v) is 4.16. The Morgan fingerprint density at radius 2 is 2.00 bits per heavy atom. The first-order chi connectivity index (χ1) is 8.86. The molecule has 3 rings (SSSR count). The molecule has 1 atom stereocenters. The molecule has 0 spiro atoms. The molecule has 18 heavy (non-hydrogen) atoms. The number of fused-ring (bicyclic) bond motifs is 2. The zero-order valence-corrected chi connectivity index (χ0v) is 11.0. The topological polar surface area (TPSA) is 0 Å². The van der Waals surface area contributed by atoms with Gasteiger partial charge in [0.05, 0.1) is 0 Å². The number of aryl methyl sites for hydroxylation is 1. The second kappa shape index (κ2) is 4.97. The van der Waals surface area contributed by atoms with Gasteiger partial charge in [-0.2, -0.15) is 0 Å².